The van der Waals surface area contributed by atoms with Gasteiger partial charge in [-0.3, -0.25) is 4.79 Å². The first-order chi connectivity index (χ1) is 14.4. The Labute approximate surface area is 176 Å². The molecule has 1 aliphatic heterocycles. The van der Waals surface area contributed by atoms with Crippen molar-refractivity contribution >= 4 is 28.6 Å². The van der Waals surface area contributed by atoms with Crippen LogP contribution in [-0.2, 0) is 11.3 Å². The second-order valence-corrected chi connectivity index (χ2v) is 7.80. The number of ether oxygens (including phenoxy) is 3. The van der Waals surface area contributed by atoms with E-state index in [4.69, 9.17) is 14.2 Å². The summed E-state index contributed by atoms with van der Waals surface area (Å²) in [5.74, 6) is 0.967. The molecule has 0 unspecified atom stereocenters. The molecular formula is C24H26N2O4. The van der Waals surface area contributed by atoms with E-state index in [9.17, 15) is 4.79 Å². The maximum absolute atomic E-state index is 13.2. The molecular weight excluding hydrogens is 380 g/mol. The number of nitrogens with zero attached hydrogens (tertiary/aromatic N) is 1. The predicted molar refractivity (Wildman–Crippen MR) is 119 cm³/mol. The molecule has 0 aliphatic carbocycles. The second kappa shape index (κ2) is 7.88. The van der Waals surface area contributed by atoms with E-state index in [0.29, 0.717) is 30.2 Å². The van der Waals surface area contributed by atoms with E-state index in [1.54, 1.807) is 20.3 Å². The summed E-state index contributed by atoms with van der Waals surface area (Å²) in [7, 11) is 3.24. The fourth-order valence-electron chi connectivity index (χ4n) is 3.74. The fraction of sp³-hybridized carbons (Fsp3) is 0.292. The van der Waals surface area contributed by atoms with Crippen LogP contribution in [-0.4, -0.2) is 36.9 Å². The zero-order chi connectivity index (χ0) is 21.3. The lowest BCUT2D eigenvalue weighted by molar-refractivity contribution is 0.102. The Morgan fingerprint density at radius 3 is 2.73 bits per heavy atom. The van der Waals surface area contributed by atoms with Gasteiger partial charge in [0.05, 0.1) is 36.0 Å². The molecule has 1 amide bonds. The van der Waals surface area contributed by atoms with Crippen molar-refractivity contribution in [2.45, 2.75) is 26.0 Å². The molecule has 0 bridgehead atoms. The average Bonchev–Trinajstić information content (AvgIpc) is 3.08. The van der Waals surface area contributed by atoms with Gasteiger partial charge in [-0.2, -0.15) is 0 Å². The number of hydrogen-bond acceptors (Lipinski definition) is 4. The lowest BCUT2D eigenvalue weighted by atomic mass is 9.99. The summed E-state index contributed by atoms with van der Waals surface area (Å²) >= 11 is 0. The Hall–Kier alpha value is -3.25. The molecule has 0 atom stereocenters. The minimum atomic E-state index is -0.397. The van der Waals surface area contributed by atoms with Gasteiger partial charge in [-0.25, -0.2) is 0 Å². The highest BCUT2D eigenvalue weighted by molar-refractivity contribution is 6.11. The van der Waals surface area contributed by atoms with Gasteiger partial charge >= 0.3 is 0 Å². The normalized spacial score (nSPS) is 14.3. The number of methoxy groups -OCH3 is 2. The number of benzene rings is 2. The van der Waals surface area contributed by atoms with Gasteiger partial charge in [0, 0.05) is 25.2 Å². The maximum atomic E-state index is 13.2. The van der Waals surface area contributed by atoms with Gasteiger partial charge in [-0.05, 0) is 44.2 Å². The van der Waals surface area contributed by atoms with Crippen LogP contribution in [0.15, 0.2) is 48.7 Å². The number of rotatable bonds is 6. The number of carbonyl (C=O) groups excluding carboxylic acids is 1. The highest BCUT2D eigenvalue weighted by atomic mass is 16.5. The molecule has 0 radical (unpaired) electrons. The SMILES string of the molecule is COCCn1cc(NC(=O)c2ccc3c(c2OC)C=CC(C)(C)O3)c2ccccc21. The van der Waals surface area contributed by atoms with Crippen molar-refractivity contribution < 1.29 is 19.0 Å². The monoisotopic (exact) mass is 406 g/mol. The molecule has 0 saturated carbocycles. The molecule has 2 heterocycles. The summed E-state index contributed by atoms with van der Waals surface area (Å²) in [5, 5.41) is 4.03. The Morgan fingerprint density at radius 1 is 1.17 bits per heavy atom. The Morgan fingerprint density at radius 2 is 1.97 bits per heavy atom. The first kappa shape index (κ1) is 20.0. The van der Waals surface area contributed by atoms with E-state index in [2.05, 4.69) is 9.88 Å². The number of amides is 1. The second-order valence-electron chi connectivity index (χ2n) is 7.80. The van der Waals surface area contributed by atoms with Crippen LogP contribution in [0.4, 0.5) is 5.69 Å². The summed E-state index contributed by atoms with van der Waals surface area (Å²) in [5.41, 5.74) is 2.62. The van der Waals surface area contributed by atoms with Crippen molar-refractivity contribution in [3.63, 3.8) is 0 Å². The Bertz CT molecular complexity index is 1130. The molecule has 2 aromatic carbocycles. The number of carbonyl (C=O) groups is 1. The third-order valence-corrected chi connectivity index (χ3v) is 5.20. The average molecular weight is 406 g/mol. The molecule has 0 spiro atoms. The lowest BCUT2D eigenvalue weighted by Crippen LogP contribution is -2.28. The highest BCUT2D eigenvalue weighted by Gasteiger charge is 2.27. The van der Waals surface area contributed by atoms with Crippen molar-refractivity contribution in [2.24, 2.45) is 0 Å². The summed E-state index contributed by atoms with van der Waals surface area (Å²) in [6.45, 7) is 5.26. The minimum Gasteiger partial charge on any atom is -0.495 e. The van der Waals surface area contributed by atoms with Crippen LogP contribution in [0.2, 0.25) is 0 Å². The van der Waals surface area contributed by atoms with E-state index in [1.165, 1.54) is 0 Å². The lowest BCUT2D eigenvalue weighted by Gasteiger charge is -2.29. The summed E-state index contributed by atoms with van der Waals surface area (Å²) in [4.78, 5) is 13.2. The van der Waals surface area contributed by atoms with Crippen LogP contribution in [0, 0.1) is 0 Å². The van der Waals surface area contributed by atoms with Gasteiger partial charge in [0.1, 0.15) is 17.1 Å². The number of nitrogens with one attached hydrogen (secondary N) is 1. The van der Waals surface area contributed by atoms with Crippen LogP contribution in [0.3, 0.4) is 0 Å². The quantitative estimate of drug-likeness (QED) is 0.643. The molecule has 1 N–H and O–H groups in total. The molecule has 0 saturated heterocycles. The zero-order valence-corrected chi connectivity index (χ0v) is 17.7. The molecule has 4 rings (SSSR count). The number of para-hydroxylation sites is 1. The van der Waals surface area contributed by atoms with E-state index in [-0.39, 0.29) is 5.91 Å². The zero-order valence-electron chi connectivity index (χ0n) is 17.7. The topological polar surface area (TPSA) is 61.7 Å². The van der Waals surface area contributed by atoms with E-state index < -0.39 is 5.60 Å². The van der Waals surface area contributed by atoms with Crippen molar-refractivity contribution in [3.8, 4) is 11.5 Å². The number of hydrogen-bond donors (Lipinski definition) is 1. The van der Waals surface area contributed by atoms with Gasteiger partial charge in [-0.1, -0.05) is 18.2 Å². The van der Waals surface area contributed by atoms with E-state index >= 15 is 0 Å². The number of fused-ring (bicyclic) bond motifs is 2. The van der Waals surface area contributed by atoms with Gasteiger partial charge in [0.25, 0.3) is 5.91 Å². The molecule has 6 heteroatoms. The van der Waals surface area contributed by atoms with Crippen LogP contribution in [0.1, 0.15) is 29.8 Å². The molecule has 3 aromatic rings. The number of anilines is 1. The summed E-state index contributed by atoms with van der Waals surface area (Å²) < 4.78 is 18.9. The van der Waals surface area contributed by atoms with Crippen LogP contribution < -0.4 is 14.8 Å². The number of aromatic nitrogens is 1. The van der Waals surface area contributed by atoms with E-state index in [0.717, 1.165) is 22.2 Å². The highest BCUT2D eigenvalue weighted by Crippen LogP contribution is 2.39. The van der Waals surface area contributed by atoms with Crippen LogP contribution in [0.25, 0.3) is 17.0 Å². The Balaban J connectivity index is 1.68. The van der Waals surface area contributed by atoms with Crippen molar-refractivity contribution in [1.82, 2.24) is 4.57 Å². The standard InChI is InChI=1S/C24H26N2O4/c1-24(2)12-11-17-21(30-24)10-9-18(22(17)29-4)23(27)25-19-15-26(13-14-28-3)20-8-6-5-7-16(19)20/h5-12,15H,13-14H2,1-4H3,(H,25,27). The molecule has 6 nitrogen and oxygen atoms in total. The van der Waals surface area contributed by atoms with E-state index in [1.807, 2.05) is 62.5 Å². The minimum absolute atomic E-state index is 0.234. The van der Waals surface area contributed by atoms with Gasteiger partial charge in [0.2, 0.25) is 0 Å². The van der Waals surface area contributed by atoms with Crippen LogP contribution in [0.5, 0.6) is 11.5 Å². The van der Waals surface area contributed by atoms with Gasteiger partial charge < -0.3 is 24.1 Å². The summed E-state index contributed by atoms with van der Waals surface area (Å²) in [6, 6.07) is 11.5. The van der Waals surface area contributed by atoms with Gasteiger partial charge in [-0.15, -0.1) is 0 Å². The molecule has 156 valence electrons. The van der Waals surface area contributed by atoms with Crippen molar-refractivity contribution in [1.29, 1.82) is 0 Å². The largest absolute Gasteiger partial charge is 0.495 e. The molecule has 1 aliphatic rings. The third-order valence-electron chi connectivity index (χ3n) is 5.20. The molecule has 0 fully saturated rings. The molecule has 1 aromatic heterocycles. The van der Waals surface area contributed by atoms with Crippen molar-refractivity contribution in [3.05, 3.63) is 59.8 Å². The summed E-state index contributed by atoms with van der Waals surface area (Å²) in [6.07, 6.45) is 5.85. The van der Waals surface area contributed by atoms with Crippen LogP contribution >= 0.6 is 0 Å². The predicted octanol–water partition coefficient (Wildman–Crippen LogP) is 4.73. The first-order valence-electron chi connectivity index (χ1n) is 9.91. The Kier molecular flexibility index (Phi) is 5.26. The fourth-order valence-corrected chi connectivity index (χ4v) is 3.74. The first-order valence-corrected chi connectivity index (χ1v) is 9.91. The molecule has 30 heavy (non-hydrogen) atoms. The van der Waals surface area contributed by atoms with Gasteiger partial charge in [0.15, 0.2) is 0 Å². The smallest absolute Gasteiger partial charge is 0.259 e. The van der Waals surface area contributed by atoms with Crippen molar-refractivity contribution in [2.75, 3.05) is 26.1 Å². The third kappa shape index (κ3) is 3.66. The maximum Gasteiger partial charge on any atom is 0.259 e.